The molecule has 0 amide bonds. The average molecular weight is 315 g/mol. The van der Waals surface area contributed by atoms with Crippen molar-refractivity contribution < 1.29 is 14.2 Å². The normalized spacial score (nSPS) is 16.5. The Labute approximate surface area is 136 Å². The molecule has 1 N–H and O–H groups in total. The summed E-state index contributed by atoms with van der Waals surface area (Å²) in [5.74, 6) is 0.558. The molecule has 1 aliphatic rings. The van der Waals surface area contributed by atoms with Gasteiger partial charge < -0.3 is 9.84 Å². The number of aliphatic hydroxyl groups is 1. The number of rotatable bonds is 4. The minimum Gasteiger partial charge on any atom is -0.496 e. The van der Waals surface area contributed by atoms with Crippen LogP contribution in [0.2, 0.25) is 0 Å². The predicted octanol–water partition coefficient (Wildman–Crippen LogP) is 3.46. The van der Waals surface area contributed by atoms with Gasteiger partial charge in [-0.1, -0.05) is 24.3 Å². The molecule has 2 aromatic carbocycles. The van der Waals surface area contributed by atoms with Gasteiger partial charge in [0.15, 0.2) is 0 Å². The molecule has 0 atom stereocenters. The average Bonchev–Trinajstić information content (AvgIpc) is 2.58. The third kappa shape index (κ3) is 3.89. The van der Waals surface area contributed by atoms with Gasteiger partial charge in [-0.05, 0) is 42.2 Å². The van der Waals surface area contributed by atoms with Crippen molar-refractivity contribution in [2.75, 3.05) is 20.2 Å². The van der Waals surface area contributed by atoms with E-state index in [-0.39, 0.29) is 11.9 Å². The van der Waals surface area contributed by atoms with E-state index in [1.807, 2.05) is 12.1 Å². The maximum Gasteiger partial charge on any atom is 0.127 e. The van der Waals surface area contributed by atoms with Crippen LogP contribution in [0.5, 0.6) is 5.75 Å². The molecule has 122 valence electrons. The number of halogens is 1. The van der Waals surface area contributed by atoms with Crippen molar-refractivity contribution in [2.24, 2.45) is 0 Å². The molecule has 0 saturated carbocycles. The topological polar surface area (TPSA) is 32.7 Å². The van der Waals surface area contributed by atoms with Crippen molar-refractivity contribution >= 4 is 0 Å². The predicted molar refractivity (Wildman–Crippen MR) is 88.9 cm³/mol. The third-order valence-electron chi connectivity index (χ3n) is 4.38. The first-order valence-corrected chi connectivity index (χ1v) is 7.99. The van der Waals surface area contributed by atoms with E-state index in [0.29, 0.717) is 0 Å². The van der Waals surface area contributed by atoms with Crippen molar-refractivity contribution in [2.45, 2.75) is 25.5 Å². The second-order valence-corrected chi connectivity index (χ2v) is 6.05. The fraction of sp³-hybridized carbons (Fsp3) is 0.368. The molecule has 1 aliphatic heterocycles. The van der Waals surface area contributed by atoms with Crippen molar-refractivity contribution in [3.63, 3.8) is 0 Å². The molecule has 3 nitrogen and oxygen atoms in total. The molecule has 23 heavy (non-hydrogen) atoms. The zero-order chi connectivity index (χ0) is 16.2. The van der Waals surface area contributed by atoms with Gasteiger partial charge in [0.25, 0.3) is 0 Å². The number of likely N-dealkylation sites (tertiary alicyclic amines) is 1. The van der Waals surface area contributed by atoms with Gasteiger partial charge in [-0.15, -0.1) is 0 Å². The fourth-order valence-corrected chi connectivity index (χ4v) is 3.04. The molecule has 1 saturated heterocycles. The van der Waals surface area contributed by atoms with Gasteiger partial charge in [0, 0.05) is 25.2 Å². The number of methoxy groups -OCH3 is 1. The highest BCUT2D eigenvalue weighted by Crippen LogP contribution is 2.31. The van der Waals surface area contributed by atoms with Gasteiger partial charge in [-0.3, -0.25) is 4.90 Å². The van der Waals surface area contributed by atoms with Crippen LogP contribution >= 0.6 is 0 Å². The monoisotopic (exact) mass is 315 g/mol. The highest BCUT2D eigenvalue weighted by molar-refractivity contribution is 5.70. The molecular weight excluding hydrogens is 293 g/mol. The minimum atomic E-state index is -0.239. The van der Waals surface area contributed by atoms with Gasteiger partial charge in [0.05, 0.1) is 13.2 Å². The van der Waals surface area contributed by atoms with Crippen LogP contribution in [-0.2, 0) is 6.54 Å². The summed E-state index contributed by atoms with van der Waals surface area (Å²) in [6, 6.07) is 12.6. The second kappa shape index (κ2) is 7.11. The summed E-state index contributed by atoms with van der Waals surface area (Å²) >= 11 is 0. The molecule has 3 rings (SSSR count). The summed E-state index contributed by atoms with van der Waals surface area (Å²) < 4.78 is 18.6. The zero-order valence-corrected chi connectivity index (χ0v) is 13.3. The van der Waals surface area contributed by atoms with Gasteiger partial charge in [0.1, 0.15) is 11.6 Å². The number of nitrogens with zero attached hydrogens (tertiary/aromatic N) is 1. The summed E-state index contributed by atoms with van der Waals surface area (Å²) in [6.45, 7) is 2.69. The Bertz CT molecular complexity index is 649. The minimum absolute atomic E-state index is 0.151. The Morgan fingerprint density at radius 1 is 1.13 bits per heavy atom. The highest BCUT2D eigenvalue weighted by atomic mass is 19.1. The van der Waals surface area contributed by atoms with Crippen LogP contribution in [0.25, 0.3) is 11.1 Å². The molecule has 2 aromatic rings. The molecule has 0 aliphatic carbocycles. The number of aliphatic hydroxyl groups excluding tert-OH is 1. The summed E-state index contributed by atoms with van der Waals surface area (Å²) in [5.41, 5.74) is 3.09. The standard InChI is InChI=1S/C19H22FNO2/c1-23-19-12-14(13-21-10-8-17(22)9-11-21)2-7-18(19)15-3-5-16(20)6-4-15/h2-7,12,17,22H,8-11,13H2,1H3. The lowest BCUT2D eigenvalue weighted by Gasteiger charge is -2.29. The van der Waals surface area contributed by atoms with Gasteiger partial charge >= 0.3 is 0 Å². The van der Waals surface area contributed by atoms with Crippen LogP contribution in [-0.4, -0.2) is 36.3 Å². The smallest absolute Gasteiger partial charge is 0.127 e. The summed E-state index contributed by atoms with van der Waals surface area (Å²) in [7, 11) is 1.66. The van der Waals surface area contributed by atoms with Crippen LogP contribution in [0, 0.1) is 5.82 Å². The van der Waals surface area contributed by atoms with Crippen LogP contribution in [0.4, 0.5) is 4.39 Å². The molecule has 0 unspecified atom stereocenters. The van der Waals surface area contributed by atoms with Crippen molar-refractivity contribution in [3.05, 3.63) is 53.8 Å². The van der Waals surface area contributed by atoms with Crippen LogP contribution in [0.1, 0.15) is 18.4 Å². The van der Waals surface area contributed by atoms with E-state index in [4.69, 9.17) is 4.74 Å². The molecule has 0 bridgehead atoms. The number of hydrogen-bond donors (Lipinski definition) is 1. The Balaban J connectivity index is 1.78. The quantitative estimate of drug-likeness (QED) is 0.938. The van der Waals surface area contributed by atoms with Gasteiger partial charge in [-0.25, -0.2) is 4.39 Å². The molecule has 0 spiro atoms. The molecule has 4 heteroatoms. The first-order chi connectivity index (χ1) is 11.2. The van der Waals surface area contributed by atoms with Crippen LogP contribution < -0.4 is 4.74 Å². The second-order valence-electron chi connectivity index (χ2n) is 6.05. The first-order valence-electron chi connectivity index (χ1n) is 7.99. The number of piperidine rings is 1. The van der Waals surface area contributed by atoms with E-state index in [0.717, 1.165) is 49.4 Å². The highest BCUT2D eigenvalue weighted by Gasteiger charge is 2.17. The first kappa shape index (κ1) is 16.0. The Kier molecular flexibility index (Phi) is 4.94. The molecule has 0 aromatic heterocycles. The lowest BCUT2D eigenvalue weighted by atomic mass is 10.0. The van der Waals surface area contributed by atoms with Crippen molar-refractivity contribution in [1.29, 1.82) is 0 Å². The number of hydrogen-bond acceptors (Lipinski definition) is 3. The third-order valence-corrected chi connectivity index (χ3v) is 4.38. The van der Waals surface area contributed by atoms with E-state index in [2.05, 4.69) is 11.0 Å². The lowest BCUT2D eigenvalue weighted by molar-refractivity contribution is 0.0792. The molecule has 0 radical (unpaired) electrons. The Hall–Kier alpha value is -1.91. The maximum atomic E-state index is 13.1. The number of ether oxygens (including phenoxy) is 1. The Morgan fingerprint density at radius 2 is 1.83 bits per heavy atom. The summed E-state index contributed by atoms with van der Waals surface area (Å²) in [5, 5.41) is 9.58. The van der Waals surface area contributed by atoms with E-state index in [1.54, 1.807) is 19.2 Å². The largest absolute Gasteiger partial charge is 0.496 e. The van der Waals surface area contributed by atoms with E-state index < -0.39 is 0 Å². The van der Waals surface area contributed by atoms with Crippen molar-refractivity contribution in [1.82, 2.24) is 4.90 Å². The van der Waals surface area contributed by atoms with Crippen LogP contribution in [0.3, 0.4) is 0 Å². The molecule has 1 fully saturated rings. The van der Waals surface area contributed by atoms with E-state index >= 15 is 0 Å². The summed E-state index contributed by atoms with van der Waals surface area (Å²) in [6.07, 6.45) is 1.52. The van der Waals surface area contributed by atoms with Crippen molar-refractivity contribution in [3.8, 4) is 16.9 Å². The summed E-state index contributed by atoms with van der Waals surface area (Å²) in [4.78, 5) is 2.35. The number of benzene rings is 2. The van der Waals surface area contributed by atoms with E-state index in [1.165, 1.54) is 17.7 Å². The SMILES string of the molecule is COc1cc(CN2CCC(O)CC2)ccc1-c1ccc(F)cc1. The zero-order valence-electron chi connectivity index (χ0n) is 13.3. The van der Waals surface area contributed by atoms with Crippen LogP contribution in [0.15, 0.2) is 42.5 Å². The fourth-order valence-electron chi connectivity index (χ4n) is 3.04. The lowest BCUT2D eigenvalue weighted by Crippen LogP contribution is -2.35. The maximum absolute atomic E-state index is 13.1. The molecule has 1 heterocycles. The molecular formula is C19H22FNO2. The van der Waals surface area contributed by atoms with E-state index in [9.17, 15) is 9.50 Å². The van der Waals surface area contributed by atoms with Gasteiger partial charge in [0.2, 0.25) is 0 Å². The van der Waals surface area contributed by atoms with Gasteiger partial charge in [-0.2, -0.15) is 0 Å². The Morgan fingerprint density at radius 3 is 2.48 bits per heavy atom.